The van der Waals surface area contributed by atoms with Gasteiger partial charge in [0.25, 0.3) is 0 Å². The maximum atomic E-state index is 11.3. The molecule has 4 heteroatoms. The lowest BCUT2D eigenvalue weighted by Crippen LogP contribution is -2.43. The zero-order valence-corrected chi connectivity index (χ0v) is 12.1. The Balaban J connectivity index is 1.87. The summed E-state index contributed by atoms with van der Waals surface area (Å²) in [5, 5.41) is 1.34. The van der Waals surface area contributed by atoms with Gasteiger partial charge < -0.3 is 10.7 Å². The van der Waals surface area contributed by atoms with Crippen molar-refractivity contribution in [3.63, 3.8) is 0 Å². The molecule has 0 saturated carbocycles. The number of hydrogen-bond donors (Lipinski definition) is 2. The zero-order chi connectivity index (χ0) is 14.6. The average Bonchev–Trinajstić information content (AvgIpc) is 2.84. The third-order valence-corrected chi connectivity index (χ3v) is 4.80. The van der Waals surface area contributed by atoms with Crippen molar-refractivity contribution in [2.45, 2.75) is 18.9 Å². The van der Waals surface area contributed by atoms with Crippen LogP contribution in [0.5, 0.6) is 0 Å². The van der Waals surface area contributed by atoms with Crippen LogP contribution in [0, 0.1) is 5.92 Å². The molecule has 1 aromatic heterocycles. The second-order valence-corrected chi connectivity index (χ2v) is 6.25. The van der Waals surface area contributed by atoms with E-state index >= 15 is 0 Å². The molecule has 2 aliphatic rings. The Morgan fingerprint density at radius 3 is 3.14 bits per heavy atom. The highest BCUT2D eigenvalue weighted by Crippen LogP contribution is 2.40. The lowest BCUT2D eigenvalue weighted by atomic mass is 9.79. The van der Waals surface area contributed by atoms with Crippen molar-refractivity contribution in [3.05, 3.63) is 41.6 Å². The van der Waals surface area contributed by atoms with Crippen LogP contribution in [0.15, 0.2) is 30.5 Å². The Bertz CT molecular complexity index is 758. The number of benzene rings is 1. The van der Waals surface area contributed by atoms with Crippen LogP contribution in [-0.4, -0.2) is 35.4 Å². The Morgan fingerprint density at radius 2 is 2.33 bits per heavy atom. The maximum Gasteiger partial charge on any atom is 0.218 e. The lowest BCUT2D eigenvalue weighted by molar-refractivity contribution is -0.118. The fraction of sp³-hybridized carbons (Fsp3) is 0.353. The number of hydrogen-bond acceptors (Lipinski definition) is 2. The summed E-state index contributed by atoms with van der Waals surface area (Å²) in [4.78, 5) is 17.0. The highest BCUT2D eigenvalue weighted by Gasteiger charge is 2.33. The third kappa shape index (κ3) is 1.90. The number of H-pyrrole nitrogens is 1. The van der Waals surface area contributed by atoms with E-state index in [0.29, 0.717) is 12.5 Å². The van der Waals surface area contributed by atoms with E-state index in [1.807, 2.05) is 0 Å². The van der Waals surface area contributed by atoms with E-state index in [1.54, 1.807) is 0 Å². The van der Waals surface area contributed by atoms with Gasteiger partial charge in [0, 0.05) is 36.1 Å². The number of nitrogens with one attached hydrogen (secondary N) is 1. The second kappa shape index (κ2) is 4.46. The molecule has 3 N–H and O–H groups in total. The van der Waals surface area contributed by atoms with Gasteiger partial charge in [-0.2, -0.15) is 0 Å². The fourth-order valence-corrected chi connectivity index (χ4v) is 3.93. The summed E-state index contributed by atoms with van der Waals surface area (Å²) in [5.41, 5.74) is 10.6. The van der Waals surface area contributed by atoms with Crippen molar-refractivity contribution in [2.75, 3.05) is 13.6 Å². The minimum Gasteiger partial charge on any atom is -0.370 e. The standard InChI is InChI=1S/C17H19N3O/c1-20-9-10(6-16(18)21)5-13-12-3-2-4-14-17(12)11(8-19-14)7-15(13)20/h2-5,8,10,15,19H,6-7,9H2,1H3,(H2,18,21)/t10-,15+/m0/s1. The molecule has 21 heavy (non-hydrogen) atoms. The highest BCUT2D eigenvalue weighted by atomic mass is 16.1. The van der Waals surface area contributed by atoms with Crippen molar-refractivity contribution in [1.82, 2.24) is 9.88 Å². The molecule has 1 amide bonds. The van der Waals surface area contributed by atoms with Crippen molar-refractivity contribution in [3.8, 4) is 0 Å². The van der Waals surface area contributed by atoms with E-state index < -0.39 is 0 Å². The van der Waals surface area contributed by atoms with Crippen LogP contribution >= 0.6 is 0 Å². The van der Waals surface area contributed by atoms with Crippen LogP contribution in [0.4, 0.5) is 0 Å². The Labute approximate surface area is 123 Å². The van der Waals surface area contributed by atoms with Crippen molar-refractivity contribution in [1.29, 1.82) is 0 Å². The number of amides is 1. The number of likely N-dealkylation sites (N-methyl/N-ethyl adjacent to an activating group) is 1. The van der Waals surface area contributed by atoms with Crippen molar-refractivity contribution >= 4 is 22.4 Å². The molecular weight excluding hydrogens is 262 g/mol. The number of nitrogens with zero attached hydrogens (tertiary/aromatic N) is 1. The molecule has 0 fully saturated rings. The summed E-state index contributed by atoms with van der Waals surface area (Å²) < 4.78 is 0. The summed E-state index contributed by atoms with van der Waals surface area (Å²) >= 11 is 0. The van der Waals surface area contributed by atoms with E-state index in [4.69, 9.17) is 5.73 Å². The molecule has 0 bridgehead atoms. The van der Waals surface area contributed by atoms with Crippen molar-refractivity contribution in [2.24, 2.45) is 11.7 Å². The third-order valence-electron chi connectivity index (χ3n) is 4.80. The zero-order valence-electron chi connectivity index (χ0n) is 12.1. The molecule has 108 valence electrons. The molecule has 2 heterocycles. The van der Waals surface area contributed by atoms with E-state index in [-0.39, 0.29) is 11.8 Å². The van der Waals surface area contributed by atoms with Crippen LogP contribution < -0.4 is 5.73 Å². The predicted octanol–water partition coefficient (Wildman–Crippen LogP) is 1.91. The van der Waals surface area contributed by atoms with E-state index in [1.165, 1.54) is 27.6 Å². The molecule has 0 saturated heterocycles. The van der Waals surface area contributed by atoms with E-state index in [2.05, 4.69) is 47.4 Å². The van der Waals surface area contributed by atoms with Gasteiger partial charge in [0.1, 0.15) is 0 Å². The molecule has 2 atom stereocenters. The summed E-state index contributed by atoms with van der Waals surface area (Å²) in [6.45, 7) is 0.896. The molecule has 1 aromatic carbocycles. The van der Waals surface area contributed by atoms with Crippen molar-refractivity contribution < 1.29 is 4.79 Å². The minimum atomic E-state index is -0.222. The van der Waals surface area contributed by atoms with Crippen LogP contribution in [0.2, 0.25) is 0 Å². The predicted molar refractivity (Wildman–Crippen MR) is 83.7 cm³/mol. The Kier molecular flexibility index (Phi) is 2.69. The molecule has 0 radical (unpaired) electrons. The monoisotopic (exact) mass is 281 g/mol. The summed E-state index contributed by atoms with van der Waals surface area (Å²) in [7, 11) is 2.14. The highest BCUT2D eigenvalue weighted by molar-refractivity contribution is 5.98. The van der Waals surface area contributed by atoms with E-state index in [0.717, 1.165) is 13.0 Å². The Morgan fingerprint density at radius 1 is 1.48 bits per heavy atom. The van der Waals surface area contributed by atoms with Gasteiger partial charge in [-0.15, -0.1) is 0 Å². The number of carbonyl (C=O) groups excluding carboxylic acids is 1. The van der Waals surface area contributed by atoms with Crippen LogP contribution in [0.25, 0.3) is 16.5 Å². The Hall–Kier alpha value is -2.07. The normalized spacial score (nSPS) is 24.7. The number of fused-ring (bicyclic) bond motifs is 2. The van der Waals surface area contributed by atoms with Crippen LogP contribution in [-0.2, 0) is 11.2 Å². The molecule has 1 aliphatic heterocycles. The molecular formula is C17H19N3O. The van der Waals surface area contributed by atoms with Gasteiger partial charge in [-0.1, -0.05) is 18.2 Å². The average molecular weight is 281 g/mol. The topological polar surface area (TPSA) is 62.1 Å². The van der Waals surface area contributed by atoms with Gasteiger partial charge in [-0.05, 0) is 42.2 Å². The van der Waals surface area contributed by atoms with Gasteiger partial charge in [0.05, 0.1) is 0 Å². The lowest BCUT2D eigenvalue weighted by Gasteiger charge is -2.39. The number of aromatic amines is 1. The quantitative estimate of drug-likeness (QED) is 0.883. The van der Waals surface area contributed by atoms with Gasteiger partial charge in [0.15, 0.2) is 0 Å². The SMILES string of the molecule is CN1C[C@H](CC(N)=O)C=C2c3cccc4[nH]cc(c34)C[C@H]21. The minimum absolute atomic E-state index is 0.217. The first-order valence-corrected chi connectivity index (χ1v) is 7.43. The molecule has 1 aliphatic carbocycles. The van der Waals surface area contributed by atoms with Gasteiger partial charge >= 0.3 is 0 Å². The number of rotatable bonds is 2. The first kappa shape index (κ1) is 12.7. The first-order chi connectivity index (χ1) is 10.1. The largest absolute Gasteiger partial charge is 0.370 e. The number of primary amides is 1. The second-order valence-electron chi connectivity index (χ2n) is 6.25. The molecule has 4 rings (SSSR count). The van der Waals surface area contributed by atoms with Crippen LogP contribution in [0.1, 0.15) is 17.5 Å². The number of nitrogens with two attached hydrogens (primary N) is 1. The first-order valence-electron chi connectivity index (χ1n) is 7.43. The number of carbonyl (C=O) groups is 1. The summed E-state index contributed by atoms with van der Waals surface area (Å²) in [6, 6.07) is 6.82. The fourth-order valence-electron chi connectivity index (χ4n) is 3.93. The van der Waals surface area contributed by atoms with E-state index in [9.17, 15) is 4.79 Å². The molecule has 2 aromatic rings. The maximum absolute atomic E-state index is 11.3. The smallest absolute Gasteiger partial charge is 0.218 e. The van der Waals surface area contributed by atoms with Gasteiger partial charge in [-0.3, -0.25) is 9.69 Å². The molecule has 4 nitrogen and oxygen atoms in total. The number of aromatic nitrogens is 1. The van der Waals surface area contributed by atoms with Gasteiger partial charge in [0.2, 0.25) is 5.91 Å². The van der Waals surface area contributed by atoms with Crippen LogP contribution in [0.3, 0.4) is 0 Å². The summed E-state index contributed by atoms with van der Waals surface area (Å²) in [5.74, 6) is -0.00505. The van der Waals surface area contributed by atoms with Gasteiger partial charge in [-0.25, -0.2) is 0 Å². The molecule has 0 unspecified atom stereocenters. The molecule has 0 spiro atoms. The summed E-state index contributed by atoms with van der Waals surface area (Å²) in [6.07, 6.45) is 5.87.